The van der Waals surface area contributed by atoms with Gasteiger partial charge in [0.2, 0.25) is 0 Å². The minimum Gasteiger partial charge on any atom is -0.506 e. The van der Waals surface area contributed by atoms with Gasteiger partial charge in [-0.25, -0.2) is 0 Å². The average Bonchev–Trinajstić information content (AvgIpc) is 2.67. The second-order valence-corrected chi connectivity index (χ2v) is 5.53. The average molecular weight is 348 g/mol. The number of aromatic hydroxyl groups is 2. The van der Waals surface area contributed by atoms with E-state index in [1.807, 2.05) is 0 Å². The van der Waals surface area contributed by atoms with Gasteiger partial charge in [-0.3, -0.25) is 9.59 Å². The number of carbonyl (C=O) groups excluding carboxylic acids is 2. The Morgan fingerprint density at radius 1 is 0.615 bits per heavy atom. The molecule has 26 heavy (non-hydrogen) atoms. The summed E-state index contributed by atoms with van der Waals surface area (Å²) in [5, 5.41) is 25.3. The topological polar surface area (TPSA) is 98.7 Å². The first-order valence-electron chi connectivity index (χ1n) is 7.83. The van der Waals surface area contributed by atoms with Crippen molar-refractivity contribution in [1.29, 1.82) is 0 Å². The number of anilines is 2. The van der Waals surface area contributed by atoms with Crippen LogP contribution in [0.4, 0.5) is 11.4 Å². The Hall–Kier alpha value is -3.80. The van der Waals surface area contributed by atoms with Crippen LogP contribution in [0.2, 0.25) is 0 Å². The molecule has 2 amide bonds. The first-order chi connectivity index (χ1) is 12.5. The number of phenolic OH excluding ortho intramolecular Hbond substituents is 2. The summed E-state index contributed by atoms with van der Waals surface area (Å²) in [4.78, 5) is 24.3. The van der Waals surface area contributed by atoms with Gasteiger partial charge in [0, 0.05) is 23.3 Å². The van der Waals surface area contributed by atoms with E-state index >= 15 is 0 Å². The Kier molecular flexibility index (Phi) is 4.85. The molecule has 0 radical (unpaired) electrons. The molecule has 0 saturated heterocycles. The lowest BCUT2D eigenvalue weighted by Gasteiger charge is -2.12. The van der Waals surface area contributed by atoms with Crippen LogP contribution >= 0.6 is 0 Å². The molecular formula is C20H16N2O4. The molecule has 0 fully saturated rings. The van der Waals surface area contributed by atoms with Crippen LogP contribution in [0.5, 0.6) is 11.5 Å². The minimum absolute atomic E-state index is 0.0362. The first kappa shape index (κ1) is 17.0. The third kappa shape index (κ3) is 3.81. The molecule has 0 heterocycles. The highest BCUT2D eigenvalue weighted by Crippen LogP contribution is 2.35. The highest BCUT2D eigenvalue weighted by Gasteiger charge is 2.14. The van der Waals surface area contributed by atoms with E-state index in [9.17, 15) is 19.8 Å². The maximum atomic E-state index is 12.2. The monoisotopic (exact) mass is 348 g/mol. The van der Waals surface area contributed by atoms with E-state index < -0.39 is 11.8 Å². The van der Waals surface area contributed by atoms with Crippen molar-refractivity contribution in [2.24, 2.45) is 0 Å². The number of nitrogens with one attached hydrogen (secondary N) is 2. The molecule has 0 unspecified atom stereocenters. The summed E-state index contributed by atoms with van der Waals surface area (Å²) < 4.78 is 0. The van der Waals surface area contributed by atoms with Gasteiger partial charge in [0.05, 0.1) is 11.4 Å². The third-order valence-electron chi connectivity index (χ3n) is 3.68. The number of phenols is 2. The van der Waals surface area contributed by atoms with Crippen molar-refractivity contribution in [3.63, 3.8) is 0 Å². The van der Waals surface area contributed by atoms with Gasteiger partial charge in [-0.2, -0.15) is 0 Å². The summed E-state index contributed by atoms with van der Waals surface area (Å²) in [6.07, 6.45) is 0. The molecule has 3 aromatic rings. The van der Waals surface area contributed by atoms with E-state index in [4.69, 9.17) is 0 Å². The van der Waals surface area contributed by atoms with Gasteiger partial charge in [0.1, 0.15) is 11.5 Å². The lowest BCUT2D eigenvalue weighted by atomic mass is 10.1. The van der Waals surface area contributed by atoms with Crippen molar-refractivity contribution in [2.75, 3.05) is 10.6 Å². The summed E-state index contributed by atoms with van der Waals surface area (Å²) in [6.45, 7) is 0. The highest BCUT2D eigenvalue weighted by atomic mass is 16.3. The zero-order chi connectivity index (χ0) is 18.5. The van der Waals surface area contributed by atoms with Crippen molar-refractivity contribution in [3.8, 4) is 11.5 Å². The zero-order valence-corrected chi connectivity index (χ0v) is 13.6. The van der Waals surface area contributed by atoms with Crippen molar-refractivity contribution in [1.82, 2.24) is 0 Å². The number of carbonyl (C=O) groups is 2. The van der Waals surface area contributed by atoms with Gasteiger partial charge in [-0.05, 0) is 24.3 Å². The van der Waals surface area contributed by atoms with E-state index in [1.54, 1.807) is 60.7 Å². The molecule has 0 bridgehead atoms. The molecule has 3 rings (SSSR count). The molecule has 0 aromatic heterocycles. The fraction of sp³-hybridized carbons (Fsp3) is 0. The number of rotatable bonds is 4. The van der Waals surface area contributed by atoms with E-state index in [0.29, 0.717) is 11.1 Å². The molecule has 6 heteroatoms. The third-order valence-corrected chi connectivity index (χ3v) is 3.68. The number of hydrogen-bond acceptors (Lipinski definition) is 4. The van der Waals surface area contributed by atoms with E-state index in [0.717, 1.165) is 0 Å². The van der Waals surface area contributed by atoms with Gasteiger partial charge >= 0.3 is 0 Å². The van der Waals surface area contributed by atoms with Crippen LogP contribution in [0, 0.1) is 0 Å². The van der Waals surface area contributed by atoms with Gasteiger partial charge in [-0.15, -0.1) is 0 Å². The van der Waals surface area contributed by atoms with Gasteiger partial charge in [-0.1, -0.05) is 36.4 Å². The van der Waals surface area contributed by atoms with Crippen molar-refractivity contribution < 1.29 is 19.8 Å². The molecule has 4 N–H and O–H groups in total. The van der Waals surface area contributed by atoms with Crippen LogP contribution in [0.1, 0.15) is 20.7 Å². The Balaban J connectivity index is 1.78. The maximum Gasteiger partial charge on any atom is 0.255 e. The molecule has 3 aromatic carbocycles. The predicted octanol–water partition coefficient (Wildman–Crippen LogP) is 3.60. The number of amides is 2. The zero-order valence-electron chi connectivity index (χ0n) is 13.6. The van der Waals surface area contributed by atoms with Gasteiger partial charge in [0.15, 0.2) is 0 Å². The quantitative estimate of drug-likeness (QED) is 0.428. The Morgan fingerprint density at radius 3 is 1.31 bits per heavy atom. The normalized spacial score (nSPS) is 10.2. The summed E-state index contributed by atoms with van der Waals surface area (Å²) in [7, 11) is 0. The fourth-order valence-electron chi connectivity index (χ4n) is 2.35. The fourth-order valence-corrected chi connectivity index (χ4v) is 2.35. The molecule has 0 aliphatic rings. The summed E-state index contributed by atoms with van der Waals surface area (Å²) >= 11 is 0. The summed E-state index contributed by atoms with van der Waals surface area (Å²) in [6, 6.07) is 19.3. The first-order valence-corrected chi connectivity index (χ1v) is 7.83. The SMILES string of the molecule is O=C(Nc1cc(O)c(NC(=O)c2ccccc2)cc1O)c1ccccc1. The van der Waals surface area contributed by atoms with Crippen LogP contribution in [0.3, 0.4) is 0 Å². The number of hydrogen-bond donors (Lipinski definition) is 4. The summed E-state index contributed by atoms with van der Waals surface area (Å²) in [5.74, 6) is -1.42. The lowest BCUT2D eigenvalue weighted by Crippen LogP contribution is -2.13. The molecule has 0 saturated carbocycles. The van der Waals surface area contributed by atoms with E-state index in [-0.39, 0.29) is 22.9 Å². The lowest BCUT2D eigenvalue weighted by molar-refractivity contribution is 0.101. The van der Waals surface area contributed by atoms with Crippen LogP contribution < -0.4 is 10.6 Å². The van der Waals surface area contributed by atoms with E-state index in [1.165, 1.54) is 12.1 Å². The standard InChI is InChI=1S/C20H16N2O4/c23-17-12-16(22-20(26)14-9-5-2-6-10-14)18(24)11-15(17)21-19(25)13-7-3-1-4-8-13/h1-12,23-24H,(H,21,25)(H,22,26). The van der Waals surface area contributed by atoms with Crippen molar-refractivity contribution >= 4 is 23.2 Å². The van der Waals surface area contributed by atoms with Crippen LogP contribution in [0.25, 0.3) is 0 Å². The van der Waals surface area contributed by atoms with Gasteiger partial charge < -0.3 is 20.8 Å². The Bertz CT molecular complexity index is 862. The molecule has 0 aliphatic carbocycles. The maximum absolute atomic E-state index is 12.2. The highest BCUT2D eigenvalue weighted by molar-refractivity contribution is 6.07. The second-order valence-electron chi connectivity index (χ2n) is 5.53. The van der Waals surface area contributed by atoms with Crippen LogP contribution in [-0.4, -0.2) is 22.0 Å². The number of benzene rings is 3. The predicted molar refractivity (Wildman–Crippen MR) is 98.6 cm³/mol. The molecule has 0 atom stereocenters. The van der Waals surface area contributed by atoms with Crippen LogP contribution in [0.15, 0.2) is 72.8 Å². The minimum atomic E-state index is -0.429. The molecule has 6 nitrogen and oxygen atoms in total. The largest absolute Gasteiger partial charge is 0.506 e. The van der Waals surface area contributed by atoms with Gasteiger partial charge in [0.25, 0.3) is 11.8 Å². The smallest absolute Gasteiger partial charge is 0.255 e. The second kappa shape index (κ2) is 7.40. The molecule has 0 aliphatic heterocycles. The summed E-state index contributed by atoms with van der Waals surface area (Å²) in [5.41, 5.74) is 0.892. The van der Waals surface area contributed by atoms with Crippen molar-refractivity contribution in [3.05, 3.63) is 83.9 Å². The molecule has 0 spiro atoms. The molecule has 130 valence electrons. The molecular weight excluding hydrogens is 332 g/mol. The van der Waals surface area contributed by atoms with Crippen LogP contribution in [-0.2, 0) is 0 Å². The Labute approximate surface area is 149 Å². The van der Waals surface area contributed by atoms with Crippen molar-refractivity contribution in [2.45, 2.75) is 0 Å². The Morgan fingerprint density at radius 2 is 0.962 bits per heavy atom. The van der Waals surface area contributed by atoms with E-state index in [2.05, 4.69) is 10.6 Å².